The molecular formula is C2H6O5P-. The maximum atomic E-state index is 10.3. The molecular weight excluding hydrogens is 135 g/mol. The zero-order valence-corrected chi connectivity index (χ0v) is 4.88. The first-order valence-corrected chi connectivity index (χ1v) is 3.92. The predicted octanol–water partition coefficient (Wildman–Crippen LogP) is -1.49. The van der Waals surface area contributed by atoms with Crippen LogP contribution in [0.1, 0.15) is 0 Å². The fraction of sp³-hybridized carbons (Fsp3) is 1.00. The van der Waals surface area contributed by atoms with E-state index < -0.39 is 7.74 Å². The Labute approximate surface area is 45.8 Å². The molecule has 0 saturated carbocycles. The van der Waals surface area contributed by atoms with E-state index in [9.17, 15) is 4.89 Å². The summed E-state index contributed by atoms with van der Waals surface area (Å²) in [7, 11) is -5.24. The van der Waals surface area contributed by atoms with Crippen molar-refractivity contribution in [3.05, 3.63) is 0 Å². The van der Waals surface area contributed by atoms with Gasteiger partial charge in [0.25, 0.3) is 0 Å². The van der Waals surface area contributed by atoms with Crippen molar-refractivity contribution in [2.45, 2.75) is 0 Å². The Kier molecular flexibility index (Phi) is 1.10. The molecule has 0 spiro atoms. The van der Waals surface area contributed by atoms with Crippen molar-refractivity contribution >= 4 is 7.74 Å². The molecule has 0 aliphatic carbocycles. The van der Waals surface area contributed by atoms with Crippen molar-refractivity contribution < 1.29 is 23.7 Å². The summed E-state index contributed by atoms with van der Waals surface area (Å²) in [5.74, 6) is 0. The van der Waals surface area contributed by atoms with E-state index in [1.807, 2.05) is 0 Å². The van der Waals surface area contributed by atoms with Crippen LogP contribution in [-0.2, 0) is 9.05 Å². The summed E-state index contributed by atoms with van der Waals surface area (Å²) < 4.78 is 7.98. The molecule has 1 aliphatic heterocycles. The van der Waals surface area contributed by atoms with E-state index in [-0.39, 0.29) is 13.2 Å². The van der Waals surface area contributed by atoms with E-state index in [1.54, 1.807) is 0 Å². The Morgan fingerprint density at radius 1 is 1.25 bits per heavy atom. The molecule has 0 amide bonds. The topological polar surface area (TPSA) is 82.0 Å². The average molecular weight is 141 g/mol. The van der Waals surface area contributed by atoms with Gasteiger partial charge in [-0.1, -0.05) is 0 Å². The van der Waals surface area contributed by atoms with Crippen LogP contribution in [0.4, 0.5) is 0 Å². The minimum absolute atomic E-state index is 0.0334. The van der Waals surface area contributed by atoms with Gasteiger partial charge in [0.15, 0.2) is 0 Å². The Morgan fingerprint density at radius 3 is 1.75 bits per heavy atom. The third kappa shape index (κ3) is 1.35. The molecule has 1 fully saturated rings. The van der Waals surface area contributed by atoms with Crippen LogP contribution >= 0.6 is 7.74 Å². The van der Waals surface area contributed by atoms with Gasteiger partial charge in [-0.25, -0.2) is 0 Å². The molecule has 2 N–H and O–H groups in total. The van der Waals surface area contributed by atoms with E-state index in [2.05, 4.69) is 9.05 Å². The van der Waals surface area contributed by atoms with Crippen molar-refractivity contribution in [1.29, 1.82) is 0 Å². The van der Waals surface area contributed by atoms with Crippen LogP contribution in [0.25, 0.3) is 0 Å². The molecule has 1 heterocycles. The molecule has 1 aliphatic rings. The van der Waals surface area contributed by atoms with Gasteiger partial charge in [0, 0.05) is 0 Å². The van der Waals surface area contributed by atoms with Crippen molar-refractivity contribution in [3.8, 4) is 0 Å². The monoisotopic (exact) mass is 141 g/mol. The first-order chi connectivity index (χ1) is 3.47. The first-order valence-electron chi connectivity index (χ1n) is 2.03. The second kappa shape index (κ2) is 1.39. The van der Waals surface area contributed by atoms with Crippen LogP contribution in [0.3, 0.4) is 0 Å². The summed E-state index contributed by atoms with van der Waals surface area (Å²) >= 11 is 0. The number of hydrogen-bond acceptors (Lipinski definition) is 5. The fourth-order valence-corrected chi connectivity index (χ4v) is 1.27. The minimum atomic E-state index is -5.24. The van der Waals surface area contributed by atoms with E-state index in [1.165, 1.54) is 0 Å². The van der Waals surface area contributed by atoms with E-state index in [0.29, 0.717) is 0 Å². The second-order valence-electron chi connectivity index (χ2n) is 1.47. The predicted molar refractivity (Wildman–Crippen MR) is 23.3 cm³/mol. The molecule has 0 radical (unpaired) electrons. The van der Waals surface area contributed by atoms with Crippen LogP contribution in [0, 0.1) is 0 Å². The third-order valence-electron chi connectivity index (χ3n) is 0.708. The standard InChI is InChI=1S/C2H6O5P/c3-8(4,5)6-1-2-7-8/h3-4H,1-2H2/q-1. The molecule has 0 unspecified atom stereocenters. The zero-order chi connectivity index (χ0) is 6.28. The molecule has 1 saturated heterocycles. The summed E-state index contributed by atoms with van der Waals surface area (Å²) in [6, 6.07) is 0. The Hall–Kier alpha value is 0.230. The molecule has 50 valence electrons. The molecule has 0 bridgehead atoms. The zero-order valence-electron chi connectivity index (χ0n) is 3.98. The van der Waals surface area contributed by atoms with Gasteiger partial charge in [0.05, 0.1) is 0 Å². The quantitative estimate of drug-likeness (QED) is 0.401. The Morgan fingerprint density at radius 2 is 1.62 bits per heavy atom. The van der Waals surface area contributed by atoms with Gasteiger partial charge in [0.1, 0.15) is 0 Å². The van der Waals surface area contributed by atoms with Gasteiger partial charge in [-0.3, -0.25) is 0 Å². The van der Waals surface area contributed by atoms with Gasteiger partial charge in [-0.15, -0.1) is 0 Å². The third-order valence-corrected chi connectivity index (χ3v) is 1.96. The summed E-state index contributed by atoms with van der Waals surface area (Å²) in [6.45, 7) is -0.0668. The fourth-order valence-electron chi connectivity index (χ4n) is 0.424. The van der Waals surface area contributed by atoms with Gasteiger partial charge in [0.2, 0.25) is 0 Å². The van der Waals surface area contributed by atoms with Gasteiger partial charge in [-0.2, -0.15) is 0 Å². The van der Waals surface area contributed by atoms with Crippen molar-refractivity contribution in [1.82, 2.24) is 0 Å². The van der Waals surface area contributed by atoms with Crippen molar-refractivity contribution in [3.63, 3.8) is 0 Å². The molecule has 5 nitrogen and oxygen atoms in total. The van der Waals surface area contributed by atoms with Crippen LogP contribution in [-0.4, -0.2) is 23.0 Å². The average Bonchev–Trinajstić information content (AvgIpc) is 1.81. The van der Waals surface area contributed by atoms with Gasteiger partial charge in [-0.05, 0) is 0 Å². The molecule has 6 heteroatoms. The Bertz CT molecular complexity index is 92.7. The summed E-state index contributed by atoms with van der Waals surface area (Å²) in [4.78, 5) is 27.0. The van der Waals surface area contributed by atoms with Crippen LogP contribution < -0.4 is 4.89 Å². The van der Waals surface area contributed by atoms with Gasteiger partial charge < -0.3 is 0 Å². The number of rotatable bonds is 0. The molecule has 0 aromatic heterocycles. The van der Waals surface area contributed by atoms with Crippen LogP contribution in [0.15, 0.2) is 0 Å². The maximum absolute atomic E-state index is 10.3. The molecule has 0 aromatic carbocycles. The number of hydrogen-bond donors (Lipinski definition) is 2. The summed E-state index contributed by atoms with van der Waals surface area (Å²) in [6.07, 6.45) is 0. The van der Waals surface area contributed by atoms with Crippen LogP contribution in [0.5, 0.6) is 0 Å². The molecule has 0 aromatic rings. The normalized spacial score (nSPS) is 38.1. The summed E-state index contributed by atoms with van der Waals surface area (Å²) in [5, 5.41) is 0. The van der Waals surface area contributed by atoms with E-state index in [4.69, 9.17) is 9.79 Å². The van der Waals surface area contributed by atoms with Crippen molar-refractivity contribution in [2.75, 3.05) is 13.2 Å². The van der Waals surface area contributed by atoms with Gasteiger partial charge >= 0.3 is 44.7 Å². The second-order valence-corrected chi connectivity index (χ2v) is 3.59. The van der Waals surface area contributed by atoms with E-state index >= 15 is 0 Å². The Balaban J connectivity index is 2.67. The van der Waals surface area contributed by atoms with E-state index in [0.717, 1.165) is 0 Å². The molecule has 1 rings (SSSR count). The SMILES string of the molecule is [O-]P1(O)(O)OCCO1. The van der Waals surface area contributed by atoms with Crippen molar-refractivity contribution in [2.24, 2.45) is 0 Å². The summed E-state index contributed by atoms with van der Waals surface area (Å²) in [5.41, 5.74) is 0. The molecule has 0 atom stereocenters. The van der Waals surface area contributed by atoms with Crippen LogP contribution in [0.2, 0.25) is 0 Å². The first kappa shape index (κ1) is 6.35. The molecule has 8 heavy (non-hydrogen) atoms.